The highest BCUT2D eigenvalue weighted by Crippen LogP contribution is 2.19. The molecule has 14 nitrogen and oxygen atoms in total. The molecule has 0 aromatic carbocycles. The van der Waals surface area contributed by atoms with E-state index < -0.39 is 23.3 Å². The molecule has 52 heavy (non-hydrogen) atoms. The molecule has 1 aromatic rings. The zero-order valence-corrected chi connectivity index (χ0v) is 32.1. The van der Waals surface area contributed by atoms with E-state index in [0.717, 1.165) is 32.1 Å². The first-order chi connectivity index (χ1) is 25.0. The van der Waals surface area contributed by atoms with E-state index >= 15 is 0 Å². The van der Waals surface area contributed by atoms with Crippen molar-refractivity contribution in [3.8, 4) is 11.8 Å². The van der Waals surface area contributed by atoms with Crippen LogP contribution in [0.2, 0.25) is 0 Å². The summed E-state index contributed by atoms with van der Waals surface area (Å²) in [6.07, 6.45) is 16.1. The minimum atomic E-state index is -0.765. The molecule has 0 spiro atoms. The van der Waals surface area contributed by atoms with Crippen LogP contribution in [0.5, 0.6) is 11.8 Å². The van der Waals surface area contributed by atoms with E-state index in [-0.39, 0.29) is 30.6 Å². The molecule has 4 N–H and O–H groups in total. The Morgan fingerprint density at radius 1 is 0.538 bits per heavy atom. The Bertz CT molecular complexity index is 1080. The molecule has 1 rings (SSSR count). The number of amides is 2. The number of ether oxygens (including phenoxy) is 4. The number of esters is 1. The number of carbonyl (C=O) groups excluding carboxylic acids is 4. The van der Waals surface area contributed by atoms with E-state index in [1.807, 2.05) is 20.8 Å². The standard InChI is InChI=1S/C38H67N3O11/c1-38(2,3)51-36(46)19-15-13-11-9-7-5-4-6-8-10-12-14-18-32(42)39-24-16-26-48-28-30-50-31-29-49-27-17-25-40-33(43)20-23-37(47)52-41-34(44)21-22-35(41)45/h21-22,44-45H,4-20,23-31H2,1-3H3,(H,39,42)(H,40,43). The third-order valence-electron chi connectivity index (χ3n) is 7.82. The maximum Gasteiger partial charge on any atom is 0.333 e. The molecular weight excluding hydrogens is 674 g/mol. The molecule has 0 fully saturated rings. The minimum absolute atomic E-state index is 0.0840. The monoisotopic (exact) mass is 741 g/mol. The summed E-state index contributed by atoms with van der Waals surface area (Å²) in [4.78, 5) is 52.1. The summed E-state index contributed by atoms with van der Waals surface area (Å²) < 4.78 is 22.4. The van der Waals surface area contributed by atoms with Gasteiger partial charge in [-0.1, -0.05) is 64.2 Å². The Labute approximate surface area is 310 Å². The number of hydrogen-bond donors (Lipinski definition) is 4. The van der Waals surface area contributed by atoms with Crippen LogP contribution in [-0.4, -0.2) is 97.0 Å². The van der Waals surface area contributed by atoms with Crippen molar-refractivity contribution in [2.75, 3.05) is 52.7 Å². The lowest BCUT2D eigenvalue weighted by atomic mass is 10.0. The predicted octanol–water partition coefficient (Wildman–Crippen LogP) is 5.50. The van der Waals surface area contributed by atoms with Crippen molar-refractivity contribution in [2.24, 2.45) is 0 Å². The molecule has 0 aliphatic heterocycles. The number of aromatic nitrogens is 1. The summed E-state index contributed by atoms with van der Waals surface area (Å²) in [6, 6.07) is 2.34. The van der Waals surface area contributed by atoms with Gasteiger partial charge in [0.25, 0.3) is 0 Å². The van der Waals surface area contributed by atoms with Crippen LogP contribution in [-0.2, 0) is 38.1 Å². The van der Waals surface area contributed by atoms with Crippen molar-refractivity contribution < 1.29 is 53.2 Å². The van der Waals surface area contributed by atoms with Crippen LogP contribution in [0.4, 0.5) is 0 Å². The third-order valence-corrected chi connectivity index (χ3v) is 7.82. The molecule has 0 aliphatic carbocycles. The molecule has 0 atom stereocenters. The Kier molecular flexibility index (Phi) is 27.0. The lowest BCUT2D eigenvalue weighted by Crippen LogP contribution is -2.27. The molecule has 0 radical (unpaired) electrons. The number of nitrogens with one attached hydrogen (secondary N) is 2. The average Bonchev–Trinajstić information content (AvgIpc) is 3.40. The third kappa shape index (κ3) is 28.3. The molecule has 1 heterocycles. The Hall–Kier alpha value is -3.36. The quantitative estimate of drug-likeness (QED) is 0.0527. The van der Waals surface area contributed by atoms with Crippen LogP contribution < -0.4 is 15.5 Å². The van der Waals surface area contributed by atoms with Crippen LogP contribution in [0, 0.1) is 0 Å². The molecular formula is C38H67N3O11. The second-order valence-electron chi connectivity index (χ2n) is 13.9. The SMILES string of the molecule is CC(C)(C)OC(=O)CCCCCCCCCCCCCCC(=O)NCCCOCCOCCOCCCNC(=O)CCC(=O)On1c(O)ccc1O. The van der Waals surface area contributed by atoms with Crippen molar-refractivity contribution in [1.29, 1.82) is 0 Å². The van der Waals surface area contributed by atoms with Gasteiger partial charge in [-0.2, -0.15) is 0 Å². The van der Waals surface area contributed by atoms with Gasteiger partial charge < -0.3 is 44.6 Å². The molecule has 0 saturated heterocycles. The van der Waals surface area contributed by atoms with Crippen molar-refractivity contribution in [1.82, 2.24) is 15.4 Å². The van der Waals surface area contributed by atoms with Gasteiger partial charge >= 0.3 is 11.9 Å². The summed E-state index contributed by atoms with van der Waals surface area (Å²) in [5, 5.41) is 24.5. The zero-order valence-electron chi connectivity index (χ0n) is 32.1. The maximum atomic E-state index is 12.0. The molecule has 0 aliphatic rings. The second kappa shape index (κ2) is 30.1. The van der Waals surface area contributed by atoms with Crippen molar-refractivity contribution in [3.05, 3.63) is 12.1 Å². The first kappa shape index (κ1) is 46.7. The minimum Gasteiger partial charge on any atom is -0.492 e. The topological polar surface area (TPSA) is 184 Å². The number of unbranched alkanes of at least 4 members (excludes halogenated alkanes) is 11. The number of hydrogen-bond acceptors (Lipinski definition) is 11. The van der Waals surface area contributed by atoms with E-state index in [0.29, 0.717) is 76.7 Å². The number of aromatic hydroxyl groups is 2. The van der Waals surface area contributed by atoms with E-state index in [4.69, 9.17) is 23.8 Å². The summed E-state index contributed by atoms with van der Waals surface area (Å²) in [7, 11) is 0. The second-order valence-corrected chi connectivity index (χ2v) is 13.9. The van der Waals surface area contributed by atoms with Gasteiger partial charge in [0.2, 0.25) is 23.6 Å². The highest BCUT2D eigenvalue weighted by molar-refractivity contribution is 5.81. The highest BCUT2D eigenvalue weighted by atomic mass is 16.7. The Morgan fingerprint density at radius 3 is 1.40 bits per heavy atom. The van der Waals surface area contributed by atoms with Gasteiger partial charge in [-0.3, -0.25) is 14.4 Å². The van der Waals surface area contributed by atoms with Crippen LogP contribution in [0.3, 0.4) is 0 Å². The first-order valence-corrected chi connectivity index (χ1v) is 19.3. The molecule has 0 bridgehead atoms. The van der Waals surface area contributed by atoms with Gasteiger partial charge in [-0.25, -0.2) is 4.79 Å². The number of nitrogens with zero attached hydrogens (tertiary/aromatic N) is 1. The predicted molar refractivity (Wildman–Crippen MR) is 197 cm³/mol. The van der Waals surface area contributed by atoms with Gasteiger partial charge in [0.05, 0.1) is 32.8 Å². The summed E-state index contributed by atoms with van der Waals surface area (Å²) in [6.45, 7) is 9.49. The van der Waals surface area contributed by atoms with Gasteiger partial charge in [0.15, 0.2) is 0 Å². The van der Waals surface area contributed by atoms with Crippen LogP contribution in [0.25, 0.3) is 0 Å². The van der Waals surface area contributed by atoms with Crippen molar-refractivity contribution in [2.45, 2.75) is 142 Å². The molecule has 1 aromatic heterocycles. The van der Waals surface area contributed by atoms with E-state index in [1.54, 1.807) is 0 Å². The summed E-state index contributed by atoms with van der Waals surface area (Å²) >= 11 is 0. The summed E-state index contributed by atoms with van der Waals surface area (Å²) in [5.41, 5.74) is -0.392. The molecule has 2 amide bonds. The van der Waals surface area contributed by atoms with Crippen molar-refractivity contribution in [3.63, 3.8) is 0 Å². The summed E-state index contributed by atoms with van der Waals surface area (Å²) in [5.74, 6) is -1.92. The zero-order chi connectivity index (χ0) is 38.3. The largest absolute Gasteiger partial charge is 0.492 e. The first-order valence-electron chi connectivity index (χ1n) is 19.3. The number of rotatable bonds is 33. The van der Waals surface area contributed by atoms with E-state index in [1.165, 1.54) is 63.5 Å². The van der Waals surface area contributed by atoms with Crippen LogP contribution in [0.15, 0.2) is 12.1 Å². The molecule has 0 unspecified atom stereocenters. The fraction of sp³-hybridized carbons (Fsp3) is 0.789. The fourth-order valence-electron chi connectivity index (χ4n) is 5.10. The van der Waals surface area contributed by atoms with E-state index in [9.17, 15) is 29.4 Å². The van der Waals surface area contributed by atoms with Crippen LogP contribution in [0.1, 0.15) is 136 Å². The lowest BCUT2D eigenvalue weighted by molar-refractivity contribution is -0.155. The Morgan fingerprint density at radius 2 is 0.942 bits per heavy atom. The lowest BCUT2D eigenvalue weighted by Gasteiger charge is -2.19. The molecule has 14 heteroatoms. The van der Waals surface area contributed by atoms with Crippen molar-refractivity contribution >= 4 is 23.8 Å². The molecule has 300 valence electrons. The van der Waals surface area contributed by atoms with E-state index in [2.05, 4.69) is 10.6 Å². The molecule has 0 saturated carbocycles. The average molecular weight is 742 g/mol. The normalized spacial score (nSPS) is 11.4. The maximum absolute atomic E-state index is 12.0. The van der Waals surface area contributed by atoms with Gasteiger partial charge in [-0.15, -0.1) is 4.73 Å². The fourth-order valence-corrected chi connectivity index (χ4v) is 5.10. The van der Waals surface area contributed by atoms with Gasteiger partial charge in [-0.05, 0) is 46.5 Å². The van der Waals surface area contributed by atoms with Gasteiger partial charge in [0.1, 0.15) is 5.60 Å². The smallest absolute Gasteiger partial charge is 0.333 e. The highest BCUT2D eigenvalue weighted by Gasteiger charge is 2.16. The van der Waals surface area contributed by atoms with Crippen LogP contribution >= 0.6 is 0 Å². The Balaban J connectivity index is 1.75. The number of carbonyl (C=O) groups is 4. The van der Waals surface area contributed by atoms with Gasteiger partial charge in [0, 0.05) is 57.7 Å².